The highest BCUT2D eigenvalue weighted by atomic mass is 32.2. The number of aromatic nitrogens is 2. The van der Waals surface area contributed by atoms with Crippen LogP contribution in [0.25, 0.3) is 11.0 Å². The minimum atomic E-state index is -3.14. The number of nitrogens with one attached hydrogen (secondary N) is 1. The number of carbonyl (C=O) groups excluding carboxylic acids is 2. The Balaban J connectivity index is 1.56. The maximum Gasteiger partial charge on any atom is 0.273 e. The summed E-state index contributed by atoms with van der Waals surface area (Å²) in [6.07, 6.45) is 1.78. The van der Waals surface area contributed by atoms with E-state index in [1.54, 1.807) is 24.3 Å². The minimum absolute atomic E-state index is 0.126. The highest BCUT2D eigenvalue weighted by Crippen LogP contribution is 2.47. The van der Waals surface area contributed by atoms with E-state index >= 15 is 0 Å². The van der Waals surface area contributed by atoms with Gasteiger partial charge in [0.25, 0.3) is 17.7 Å². The zero-order valence-corrected chi connectivity index (χ0v) is 31.9. The Morgan fingerprint density at radius 1 is 1.02 bits per heavy atom. The van der Waals surface area contributed by atoms with E-state index in [1.165, 1.54) is 18.7 Å². The van der Waals surface area contributed by atoms with Gasteiger partial charge in [-0.25, -0.2) is 13.8 Å². The van der Waals surface area contributed by atoms with Crippen LogP contribution in [0.4, 0.5) is 8.78 Å². The number of amides is 2. The van der Waals surface area contributed by atoms with Gasteiger partial charge in [0.2, 0.25) is 0 Å². The van der Waals surface area contributed by atoms with Crippen LogP contribution in [-0.2, 0) is 27.6 Å². The van der Waals surface area contributed by atoms with E-state index < -0.39 is 47.8 Å². The van der Waals surface area contributed by atoms with Crippen molar-refractivity contribution in [1.29, 1.82) is 0 Å². The van der Waals surface area contributed by atoms with Crippen molar-refractivity contribution in [3.63, 3.8) is 0 Å². The highest BCUT2D eigenvalue weighted by molar-refractivity contribution is 7.90. The summed E-state index contributed by atoms with van der Waals surface area (Å²) in [7, 11) is -1.39. The number of hydrogen-bond acceptors (Lipinski definition) is 7. The van der Waals surface area contributed by atoms with E-state index in [4.69, 9.17) is 14.5 Å². The van der Waals surface area contributed by atoms with E-state index in [1.807, 2.05) is 43.5 Å². The Kier molecular flexibility index (Phi) is 10.6. The van der Waals surface area contributed by atoms with E-state index in [-0.39, 0.29) is 31.1 Å². The quantitative estimate of drug-likeness (QED) is 0.0746. The smallest absolute Gasteiger partial charge is 0.273 e. The van der Waals surface area contributed by atoms with Crippen molar-refractivity contribution in [2.45, 2.75) is 115 Å². The van der Waals surface area contributed by atoms with E-state index in [0.717, 1.165) is 36.9 Å². The molecule has 0 radical (unpaired) electrons. The van der Waals surface area contributed by atoms with E-state index in [0.29, 0.717) is 29.1 Å². The number of nitrogens with zero attached hydrogens (tertiary/aromatic N) is 3. The molecule has 2 unspecified atom stereocenters. The molecule has 1 aromatic heterocycles. The van der Waals surface area contributed by atoms with E-state index in [9.17, 15) is 22.9 Å². The monoisotopic (exact) mass is 716 g/mol. The van der Waals surface area contributed by atoms with Gasteiger partial charge >= 0.3 is 0 Å². The maximum atomic E-state index is 14.5. The Hall–Kier alpha value is -2.68. The Labute approximate surface area is 292 Å². The number of rotatable bonds is 15. The van der Waals surface area contributed by atoms with Crippen LogP contribution in [0.3, 0.4) is 0 Å². The van der Waals surface area contributed by atoms with Crippen LogP contribution >= 0.6 is 0 Å². The number of alkyl halides is 2. The van der Waals surface area contributed by atoms with Crippen LogP contribution in [-0.4, -0.2) is 68.4 Å². The van der Waals surface area contributed by atoms with Gasteiger partial charge < -0.3 is 18.6 Å². The third-order valence-electron chi connectivity index (χ3n) is 9.32. The first-order chi connectivity index (χ1) is 22.7. The molecule has 5 rings (SSSR count). The largest absolute Gasteiger partial charge is 0.598 e. The summed E-state index contributed by atoms with van der Waals surface area (Å²) in [5.41, 5.74) is 1.09. The van der Waals surface area contributed by atoms with Gasteiger partial charge in [0, 0.05) is 33.0 Å². The summed E-state index contributed by atoms with van der Waals surface area (Å²) in [5.74, 6) is -3.20. The topological polar surface area (TPSA) is 109 Å². The summed E-state index contributed by atoms with van der Waals surface area (Å²) >= 11 is -1.59. The second kappa shape index (κ2) is 13.8. The lowest BCUT2D eigenvalue weighted by Gasteiger charge is -2.34. The normalized spacial score (nSPS) is 17.9. The summed E-state index contributed by atoms with van der Waals surface area (Å²) in [4.78, 5) is 33.5. The summed E-state index contributed by atoms with van der Waals surface area (Å²) in [5, 5.41) is 0. The van der Waals surface area contributed by atoms with E-state index in [2.05, 4.69) is 24.4 Å². The fraction of sp³-hybridized carbons (Fsp3) is 0.583. The second-order valence-corrected chi connectivity index (χ2v) is 23.7. The van der Waals surface area contributed by atoms with Crippen molar-refractivity contribution in [3.8, 4) is 0 Å². The number of fused-ring (bicyclic) bond motifs is 2. The molecule has 268 valence electrons. The van der Waals surface area contributed by atoms with Crippen molar-refractivity contribution in [3.05, 3.63) is 65.0 Å². The van der Waals surface area contributed by atoms with Crippen molar-refractivity contribution < 1.29 is 32.4 Å². The summed E-state index contributed by atoms with van der Waals surface area (Å²) in [6.45, 7) is 16.2. The standard InChI is InChI=1S/C36H50F2N4O5SSi/c1-34(2,3)48(45)40-28(21-47-35(4,5)36(6,37)38)31-39-27-20-24(16-17-29(27)41(31)22-46-18-19-49(7,8)9)30(23-14-15-23)42-32(43)25-12-10-11-13-26(25)33(42)44/h10-13,16-17,20,23,28,30,40H,14-15,18-19,21-22H2,1-9H3/t28?,30?,48-/m1/s1. The molecule has 1 saturated carbocycles. The molecule has 1 aliphatic carbocycles. The van der Waals surface area contributed by atoms with Crippen LogP contribution in [0.15, 0.2) is 42.5 Å². The molecule has 2 aliphatic rings. The first-order valence-electron chi connectivity index (χ1n) is 16.9. The number of ether oxygens (including phenoxy) is 2. The molecule has 2 aromatic carbocycles. The molecule has 0 spiro atoms. The van der Waals surface area contributed by atoms with Gasteiger partial charge in [-0.3, -0.25) is 14.5 Å². The molecule has 3 aromatic rings. The first kappa shape index (κ1) is 37.6. The molecule has 1 N–H and O–H groups in total. The SMILES string of the molecule is CC(C)(C)[S@@+]([O-])NC(COC(C)(C)C(C)(F)F)c1nc2cc(C(C3CC3)N3C(=O)c4ccccc4C3=O)ccc2n1COCC[Si](C)(C)C. The highest BCUT2D eigenvalue weighted by Gasteiger charge is 2.47. The Morgan fingerprint density at radius 2 is 1.63 bits per heavy atom. The molecule has 1 fully saturated rings. The fourth-order valence-electron chi connectivity index (χ4n) is 5.68. The molecule has 0 bridgehead atoms. The van der Waals surface area contributed by atoms with Crippen LogP contribution in [0.1, 0.15) is 98.6 Å². The average Bonchev–Trinajstić information content (AvgIpc) is 3.73. The molecule has 13 heteroatoms. The van der Waals surface area contributed by atoms with Gasteiger partial charge in [0.1, 0.15) is 28.9 Å². The molecule has 2 heterocycles. The summed E-state index contributed by atoms with van der Waals surface area (Å²) < 4.78 is 58.9. The fourth-order valence-corrected chi connectivity index (χ4v) is 7.22. The molecule has 49 heavy (non-hydrogen) atoms. The Bertz CT molecular complexity index is 1660. The zero-order valence-electron chi connectivity index (χ0n) is 30.1. The minimum Gasteiger partial charge on any atom is -0.598 e. The molecular weight excluding hydrogens is 667 g/mol. The third-order valence-corrected chi connectivity index (χ3v) is 12.6. The molecule has 3 atom stereocenters. The van der Waals surface area contributed by atoms with Gasteiger partial charge in [-0.05, 0) is 89.3 Å². The van der Waals surface area contributed by atoms with Gasteiger partial charge in [0.15, 0.2) is 0 Å². The van der Waals surface area contributed by atoms with Gasteiger partial charge in [-0.15, -0.1) is 4.72 Å². The number of carbonyl (C=O) groups is 2. The maximum absolute atomic E-state index is 14.5. The lowest BCUT2D eigenvalue weighted by molar-refractivity contribution is -0.183. The second-order valence-electron chi connectivity index (χ2n) is 16.1. The third kappa shape index (κ3) is 8.28. The van der Waals surface area contributed by atoms with Gasteiger partial charge in [-0.1, -0.05) is 37.8 Å². The molecule has 2 amide bonds. The van der Waals surface area contributed by atoms with Crippen LogP contribution < -0.4 is 4.72 Å². The van der Waals surface area contributed by atoms with Gasteiger partial charge in [-0.2, -0.15) is 0 Å². The lowest BCUT2D eigenvalue weighted by Crippen LogP contribution is -2.47. The van der Waals surface area contributed by atoms with Crippen molar-refractivity contribution >= 4 is 42.3 Å². The van der Waals surface area contributed by atoms with Gasteiger partial charge in [0.05, 0.1) is 34.8 Å². The van der Waals surface area contributed by atoms with Crippen LogP contribution in [0, 0.1) is 5.92 Å². The number of imide groups is 1. The number of hydrogen-bond donors (Lipinski definition) is 1. The predicted molar refractivity (Wildman–Crippen MR) is 191 cm³/mol. The first-order valence-corrected chi connectivity index (χ1v) is 21.8. The van der Waals surface area contributed by atoms with Crippen LogP contribution in [0.5, 0.6) is 0 Å². The number of halogens is 2. The molecule has 9 nitrogen and oxygen atoms in total. The predicted octanol–water partition coefficient (Wildman–Crippen LogP) is 7.64. The molecule has 0 saturated heterocycles. The zero-order chi connectivity index (χ0) is 36.1. The van der Waals surface area contributed by atoms with Crippen LogP contribution in [0.2, 0.25) is 25.7 Å². The summed E-state index contributed by atoms with van der Waals surface area (Å²) in [6, 6.07) is 12.3. The number of imidazole rings is 1. The number of benzene rings is 2. The lowest BCUT2D eigenvalue weighted by atomic mass is 10.00. The van der Waals surface area contributed by atoms with Crippen molar-refractivity contribution in [2.75, 3.05) is 13.2 Å². The Morgan fingerprint density at radius 3 is 2.16 bits per heavy atom. The molecular formula is C36H50F2N4O5SSi. The van der Waals surface area contributed by atoms with Crippen molar-refractivity contribution in [1.82, 2.24) is 19.2 Å². The molecule has 1 aliphatic heterocycles. The van der Waals surface area contributed by atoms with Crippen molar-refractivity contribution in [2.24, 2.45) is 5.92 Å². The average molecular weight is 717 g/mol.